The zero-order chi connectivity index (χ0) is 8.93. The molecular formula is C10H21N3. The second-order valence-electron chi connectivity index (χ2n) is 4.16. The molecule has 1 aliphatic heterocycles. The lowest BCUT2D eigenvalue weighted by Gasteiger charge is -2.32. The van der Waals surface area contributed by atoms with Crippen molar-refractivity contribution in [3.8, 4) is 0 Å². The molecule has 0 aromatic heterocycles. The molecule has 1 aliphatic carbocycles. The van der Waals surface area contributed by atoms with E-state index in [1.807, 2.05) is 0 Å². The molecule has 3 nitrogen and oxygen atoms in total. The first kappa shape index (κ1) is 9.44. The summed E-state index contributed by atoms with van der Waals surface area (Å²) in [7, 11) is 0. The monoisotopic (exact) mass is 183 g/mol. The number of hydrogen-bond donors (Lipinski definition) is 3. The van der Waals surface area contributed by atoms with Gasteiger partial charge in [-0.1, -0.05) is 12.8 Å². The van der Waals surface area contributed by atoms with Crippen molar-refractivity contribution in [1.29, 1.82) is 0 Å². The third-order valence-electron chi connectivity index (χ3n) is 3.18. The maximum absolute atomic E-state index is 3.64. The molecule has 1 heterocycles. The maximum atomic E-state index is 3.64. The van der Waals surface area contributed by atoms with Gasteiger partial charge in [0.25, 0.3) is 0 Å². The van der Waals surface area contributed by atoms with Crippen LogP contribution in [0.1, 0.15) is 25.7 Å². The van der Waals surface area contributed by atoms with Crippen LogP contribution in [0.5, 0.6) is 0 Å². The molecule has 2 rings (SSSR count). The molecule has 13 heavy (non-hydrogen) atoms. The van der Waals surface area contributed by atoms with Gasteiger partial charge in [0.15, 0.2) is 0 Å². The predicted octanol–water partition coefficient (Wildman–Crippen LogP) is 0.0800. The Labute approximate surface area is 80.7 Å². The first-order valence-corrected chi connectivity index (χ1v) is 5.64. The summed E-state index contributed by atoms with van der Waals surface area (Å²) < 4.78 is 0. The summed E-state index contributed by atoms with van der Waals surface area (Å²) in [6.07, 6.45) is 5.53. The van der Waals surface area contributed by atoms with Crippen LogP contribution in [0.3, 0.4) is 0 Å². The lowest BCUT2D eigenvalue weighted by Crippen LogP contribution is -2.50. The smallest absolute Gasteiger partial charge is 0.0221 e. The normalized spacial score (nSPS) is 36.9. The zero-order valence-electron chi connectivity index (χ0n) is 8.31. The lowest BCUT2D eigenvalue weighted by molar-refractivity contribution is 0.293. The number of fused-ring (bicyclic) bond motifs is 1. The summed E-state index contributed by atoms with van der Waals surface area (Å²) >= 11 is 0. The van der Waals surface area contributed by atoms with E-state index >= 15 is 0 Å². The van der Waals surface area contributed by atoms with Gasteiger partial charge in [0.1, 0.15) is 0 Å². The van der Waals surface area contributed by atoms with E-state index in [-0.39, 0.29) is 0 Å². The molecule has 0 bridgehead atoms. The summed E-state index contributed by atoms with van der Waals surface area (Å²) in [5.74, 6) is 0. The van der Waals surface area contributed by atoms with E-state index in [1.165, 1.54) is 25.7 Å². The molecule has 0 amide bonds. The summed E-state index contributed by atoms with van der Waals surface area (Å²) in [4.78, 5) is 0. The first-order valence-electron chi connectivity index (χ1n) is 5.64. The van der Waals surface area contributed by atoms with Gasteiger partial charge in [0.05, 0.1) is 0 Å². The number of hydrogen-bond acceptors (Lipinski definition) is 3. The molecule has 1 saturated carbocycles. The molecule has 2 fully saturated rings. The van der Waals surface area contributed by atoms with Crippen LogP contribution in [0.4, 0.5) is 0 Å². The fraction of sp³-hybridized carbons (Fsp3) is 1.00. The first-order chi connectivity index (χ1) is 6.47. The molecule has 0 aromatic rings. The second-order valence-corrected chi connectivity index (χ2v) is 4.16. The van der Waals surface area contributed by atoms with Crippen molar-refractivity contribution in [3.63, 3.8) is 0 Å². The van der Waals surface area contributed by atoms with Crippen LogP contribution >= 0.6 is 0 Å². The molecule has 3 heteroatoms. The van der Waals surface area contributed by atoms with Gasteiger partial charge in [0.2, 0.25) is 0 Å². The summed E-state index contributed by atoms with van der Waals surface area (Å²) in [6.45, 7) is 4.49. The summed E-state index contributed by atoms with van der Waals surface area (Å²) in [6, 6.07) is 1.46. The van der Waals surface area contributed by atoms with Gasteiger partial charge in [-0.3, -0.25) is 0 Å². The van der Waals surface area contributed by atoms with Crippen LogP contribution in [0, 0.1) is 0 Å². The van der Waals surface area contributed by atoms with Gasteiger partial charge < -0.3 is 16.0 Å². The average Bonchev–Trinajstić information content (AvgIpc) is 2.28. The molecule has 3 N–H and O–H groups in total. The number of nitrogens with one attached hydrogen (secondary N) is 3. The average molecular weight is 183 g/mol. The minimum atomic E-state index is 0.730. The van der Waals surface area contributed by atoms with Crippen LogP contribution in [0.15, 0.2) is 0 Å². The molecule has 76 valence electrons. The summed E-state index contributed by atoms with van der Waals surface area (Å²) in [5.41, 5.74) is 0. The lowest BCUT2D eigenvalue weighted by atomic mass is 9.90. The van der Waals surface area contributed by atoms with E-state index in [1.54, 1.807) is 0 Å². The van der Waals surface area contributed by atoms with Crippen LogP contribution < -0.4 is 16.0 Å². The molecule has 0 spiro atoms. The molecule has 2 aliphatic rings. The van der Waals surface area contributed by atoms with E-state index in [0.29, 0.717) is 0 Å². The summed E-state index contributed by atoms with van der Waals surface area (Å²) in [5, 5.41) is 10.7. The van der Waals surface area contributed by atoms with E-state index < -0.39 is 0 Å². The van der Waals surface area contributed by atoms with Gasteiger partial charge in [-0.2, -0.15) is 0 Å². The van der Waals surface area contributed by atoms with Gasteiger partial charge >= 0.3 is 0 Å². The Balaban J connectivity index is 1.88. The van der Waals surface area contributed by atoms with Crippen LogP contribution in [-0.4, -0.2) is 38.3 Å². The molecule has 0 unspecified atom stereocenters. The Morgan fingerprint density at radius 1 is 0.692 bits per heavy atom. The van der Waals surface area contributed by atoms with Crippen molar-refractivity contribution in [3.05, 3.63) is 0 Å². The Morgan fingerprint density at radius 3 is 1.77 bits per heavy atom. The van der Waals surface area contributed by atoms with E-state index in [2.05, 4.69) is 16.0 Å². The quantitative estimate of drug-likeness (QED) is 0.498. The molecule has 0 radical (unpaired) electrons. The SMILES string of the molecule is C1CC[C@H]2NCCNCCN[C@@H]2C1. The largest absolute Gasteiger partial charge is 0.314 e. The Hall–Kier alpha value is -0.120. The Bertz CT molecular complexity index is 133. The fourth-order valence-electron chi connectivity index (χ4n) is 2.44. The molecule has 1 saturated heterocycles. The van der Waals surface area contributed by atoms with Crippen molar-refractivity contribution in [1.82, 2.24) is 16.0 Å². The number of rotatable bonds is 0. The highest BCUT2D eigenvalue weighted by Gasteiger charge is 2.24. The highest BCUT2D eigenvalue weighted by atomic mass is 15.1. The predicted molar refractivity (Wildman–Crippen MR) is 54.9 cm³/mol. The van der Waals surface area contributed by atoms with Crippen molar-refractivity contribution in [2.24, 2.45) is 0 Å². The van der Waals surface area contributed by atoms with Crippen LogP contribution in [0.2, 0.25) is 0 Å². The van der Waals surface area contributed by atoms with Crippen LogP contribution in [0.25, 0.3) is 0 Å². The molecular weight excluding hydrogens is 162 g/mol. The second kappa shape index (κ2) is 4.94. The maximum Gasteiger partial charge on any atom is 0.0221 e. The van der Waals surface area contributed by atoms with E-state index in [4.69, 9.17) is 0 Å². The van der Waals surface area contributed by atoms with E-state index in [0.717, 1.165) is 38.3 Å². The zero-order valence-corrected chi connectivity index (χ0v) is 8.31. The van der Waals surface area contributed by atoms with Gasteiger partial charge in [-0.15, -0.1) is 0 Å². The molecule has 0 aromatic carbocycles. The van der Waals surface area contributed by atoms with Gasteiger partial charge in [-0.05, 0) is 12.8 Å². The Kier molecular flexibility index (Phi) is 3.58. The highest BCUT2D eigenvalue weighted by molar-refractivity contribution is 4.87. The third-order valence-corrected chi connectivity index (χ3v) is 3.18. The topological polar surface area (TPSA) is 36.1 Å². The third kappa shape index (κ3) is 2.66. The fourth-order valence-corrected chi connectivity index (χ4v) is 2.44. The van der Waals surface area contributed by atoms with Crippen molar-refractivity contribution >= 4 is 0 Å². The van der Waals surface area contributed by atoms with Crippen LogP contribution in [-0.2, 0) is 0 Å². The minimum Gasteiger partial charge on any atom is -0.314 e. The molecule has 2 atom stereocenters. The standard InChI is InChI=1S/C10H21N3/c1-2-4-10-9(3-1)12-7-5-11-6-8-13-10/h9-13H,1-8H2/t9-,10-/m1/s1. The van der Waals surface area contributed by atoms with Gasteiger partial charge in [0, 0.05) is 38.3 Å². The van der Waals surface area contributed by atoms with Crippen molar-refractivity contribution in [2.75, 3.05) is 26.2 Å². The highest BCUT2D eigenvalue weighted by Crippen LogP contribution is 2.18. The van der Waals surface area contributed by atoms with Gasteiger partial charge in [-0.25, -0.2) is 0 Å². The minimum absolute atomic E-state index is 0.730. The Morgan fingerprint density at radius 2 is 1.23 bits per heavy atom. The van der Waals surface area contributed by atoms with Crippen molar-refractivity contribution < 1.29 is 0 Å². The van der Waals surface area contributed by atoms with Crippen molar-refractivity contribution in [2.45, 2.75) is 37.8 Å². The van der Waals surface area contributed by atoms with E-state index in [9.17, 15) is 0 Å².